The molecule has 0 rings (SSSR count). The highest BCUT2D eigenvalue weighted by Crippen LogP contribution is 2.18. The van der Waals surface area contributed by atoms with E-state index < -0.39 is 6.10 Å². The highest BCUT2D eigenvalue weighted by Gasteiger charge is 2.16. The maximum Gasteiger partial charge on any atom is 0.306 e. The van der Waals surface area contributed by atoms with Crippen LogP contribution in [0.25, 0.3) is 0 Å². The first kappa shape index (κ1) is 69.6. The van der Waals surface area contributed by atoms with Gasteiger partial charge in [0.05, 0.1) is 6.61 Å². The molecule has 0 aromatic rings. The first-order valence-corrected chi connectivity index (χ1v) is 31.8. The van der Waals surface area contributed by atoms with Gasteiger partial charge < -0.3 is 14.6 Å². The van der Waals surface area contributed by atoms with E-state index in [1.54, 1.807) is 0 Å². The van der Waals surface area contributed by atoms with Crippen LogP contribution in [0.15, 0.2) is 60.8 Å². The molecule has 1 unspecified atom stereocenters. The molecule has 0 amide bonds. The minimum atomic E-state index is -0.770. The molecule has 0 aliphatic heterocycles. The fourth-order valence-corrected chi connectivity index (χ4v) is 9.59. The number of ether oxygens (including phenoxy) is 2. The van der Waals surface area contributed by atoms with Crippen molar-refractivity contribution in [2.45, 2.75) is 341 Å². The van der Waals surface area contributed by atoms with Gasteiger partial charge in [0, 0.05) is 12.8 Å². The Bertz CT molecular complexity index is 1230. The van der Waals surface area contributed by atoms with Crippen LogP contribution in [-0.2, 0) is 19.1 Å². The van der Waals surface area contributed by atoms with Crippen molar-refractivity contribution in [1.82, 2.24) is 0 Å². The summed E-state index contributed by atoms with van der Waals surface area (Å²) in [7, 11) is 0. The minimum Gasteiger partial charge on any atom is -0.462 e. The van der Waals surface area contributed by atoms with Gasteiger partial charge in [-0.1, -0.05) is 325 Å². The topological polar surface area (TPSA) is 72.8 Å². The van der Waals surface area contributed by atoms with Crippen molar-refractivity contribution in [3.63, 3.8) is 0 Å². The van der Waals surface area contributed by atoms with E-state index in [2.05, 4.69) is 74.6 Å². The van der Waals surface area contributed by atoms with Crippen LogP contribution in [0.5, 0.6) is 0 Å². The van der Waals surface area contributed by atoms with E-state index in [0.717, 1.165) is 64.2 Å². The van der Waals surface area contributed by atoms with E-state index in [1.807, 2.05) is 0 Å². The predicted molar refractivity (Wildman–Crippen MR) is 316 cm³/mol. The molecule has 1 N–H and O–H groups in total. The first-order valence-electron chi connectivity index (χ1n) is 31.8. The highest BCUT2D eigenvalue weighted by molar-refractivity contribution is 5.70. The number of esters is 2. The number of allylic oxidation sites excluding steroid dienone is 10. The normalized spacial score (nSPS) is 12.5. The number of unbranched alkanes of at least 4 members (excludes halogenated alkanes) is 41. The van der Waals surface area contributed by atoms with Crippen LogP contribution in [0.2, 0.25) is 0 Å². The van der Waals surface area contributed by atoms with Gasteiger partial charge >= 0.3 is 11.9 Å². The molecule has 72 heavy (non-hydrogen) atoms. The molecule has 0 aromatic carbocycles. The van der Waals surface area contributed by atoms with Gasteiger partial charge in [-0.15, -0.1) is 0 Å². The van der Waals surface area contributed by atoms with Gasteiger partial charge in [-0.05, 0) is 57.8 Å². The summed E-state index contributed by atoms with van der Waals surface area (Å²) < 4.78 is 10.7. The molecule has 0 heterocycles. The van der Waals surface area contributed by atoms with Gasteiger partial charge in [0.2, 0.25) is 0 Å². The fourth-order valence-electron chi connectivity index (χ4n) is 9.59. The van der Waals surface area contributed by atoms with E-state index >= 15 is 0 Å². The molecule has 1 atom stereocenters. The largest absolute Gasteiger partial charge is 0.462 e. The number of aliphatic hydroxyl groups excluding tert-OH is 1. The standard InChI is InChI=1S/C67H122O5/c1-3-5-7-9-11-13-15-17-19-21-23-25-27-28-29-30-31-32-33-34-35-36-37-38-40-42-44-46-48-50-52-54-56-58-60-62-67(70)72-65(63-68)64-71-66(69)61-59-57-55-53-51-49-47-45-43-41-39-26-24-22-20-18-16-14-12-10-8-6-4-2/h5,7,11,13,17,19,23,25,28-29,65,68H,3-4,6,8-10,12,14-16,18,20-22,24,26-27,30-64H2,1-2H3/b7-5-,13-11-,19-17-,25-23-,29-28-. The maximum absolute atomic E-state index is 12.3. The Kier molecular flexibility index (Phi) is 60.8. The van der Waals surface area contributed by atoms with Crippen LogP contribution in [-0.4, -0.2) is 36.4 Å². The van der Waals surface area contributed by atoms with Gasteiger partial charge in [-0.25, -0.2) is 0 Å². The summed E-state index contributed by atoms with van der Waals surface area (Å²) in [6, 6.07) is 0. The molecule has 420 valence electrons. The Morgan fingerprint density at radius 3 is 0.903 bits per heavy atom. The average Bonchev–Trinajstić information content (AvgIpc) is 3.38. The summed E-state index contributed by atoms with van der Waals surface area (Å²) in [6.45, 7) is 4.08. The van der Waals surface area contributed by atoms with Crippen LogP contribution in [0.4, 0.5) is 0 Å². The van der Waals surface area contributed by atoms with Crippen molar-refractivity contribution < 1.29 is 24.2 Å². The Labute approximate surface area is 449 Å². The quantitative estimate of drug-likeness (QED) is 0.0373. The molecule has 0 radical (unpaired) electrons. The molecule has 5 nitrogen and oxygen atoms in total. The van der Waals surface area contributed by atoms with Gasteiger partial charge in [0.25, 0.3) is 0 Å². The Morgan fingerprint density at radius 2 is 0.597 bits per heavy atom. The van der Waals surface area contributed by atoms with Crippen LogP contribution < -0.4 is 0 Å². The molecule has 0 saturated carbocycles. The second-order valence-corrected chi connectivity index (χ2v) is 21.5. The summed E-state index contributed by atoms with van der Waals surface area (Å²) >= 11 is 0. The minimum absolute atomic E-state index is 0.0604. The van der Waals surface area contributed by atoms with E-state index in [-0.39, 0.29) is 25.2 Å². The third-order valence-corrected chi connectivity index (χ3v) is 14.3. The Hall–Kier alpha value is -2.40. The van der Waals surface area contributed by atoms with Crippen molar-refractivity contribution in [3.8, 4) is 0 Å². The van der Waals surface area contributed by atoms with Crippen molar-refractivity contribution in [2.75, 3.05) is 13.2 Å². The summed E-state index contributed by atoms with van der Waals surface area (Å²) in [6.07, 6.45) is 85.1. The van der Waals surface area contributed by atoms with Crippen molar-refractivity contribution in [3.05, 3.63) is 60.8 Å². The van der Waals surface area contributed by atoms with Gasteiger partial charge in [-0.2, -0.15) is 0 Å². The molecular weight excluding hydrogens is 885 g/mol. The fraction of sp³-hybridized carbons (Fsp3) is 0.821. The smallest absolute Gasteiger partial charge is 0.306 e. The summed E-state index contributed by atoms with van der Waals surface area (Å²) in [5.74, 6) is -0.570. The lowest BCUT2D eigenvalue weighted by Crippen LogP contribution is -2.28. The SMILES string of the molecule is CC/C=C\C/C=C\C/C=C\C/C=C\C/C=C\CCCCCCCCCCCCCCCCCCCCCC(=O)OC(CO)COC(=O)CCCCCCCCCCCCCCCCCCCCCCCCC. The Morgan fingerprint density at radius 1 is 0.333 bits per heavy atom. The molecule has 0 bridgehead atoms. The summed E-state index contributed by atoms with van der Waals surface area (Å²) in [5.41, 5.74) is 0. The highest BCUT2D eigenvalue weighted by atomic mass is 16.6. The molecular formula is C67H122O5. The molecule has 0 aliphatic rings. The first-order chi connectivity index (χ1) is 35.6. The van der Waals surface area contributed by atoms with Crippen molar-refractivity contribution in [1.29, 1.82) is 0 Å². The van der Waals surface area contributed by atoms with Crippen molar-refractivity contribution >= 4 is 11.9 Å². The summed E-state index contributed by atoms with van der Waals surface area (Å²) in [4.78, 5) is 24.6. The van der Waals surface area contributed by atoms with Crippen LogP contribution in [0.1, 0.15) is 335 Å². The lowest BCUT2D eigenvalue weighted by Gasteiger charge is -2.15. The van der Waals surface area contributed by atoms with Crippen LogP contribution in [0, 0.1) is 0 Å². The van der Waals surface area contributed by atoms with E-state index in [1.165, 1.54) is 244 Å². The third-order valence-electron chi connectivity index (χ3n) is 14.3. The molecule has 0 spiro atoms. The van der Waals surface area contributed by atoms with Crippen LogP contribution in [0.3, 0.4) is 0 Å². The number of carbonyl (C=O) groups excluding carboxylic acids is 2. The average molecular weight is 1010 g/mol. The monoisotopic (exact) mass is 1010 g/mol. The number of rotatable bonds is 59. The Balaban J connectivity index is 3.42. The molecule has 5 heteroatoms. The lowest BCUT2D eigenvalue weighted by molar-refractivity contribution is -0.161. The predicted octanol–water partition coefficient (Wildman–Crippen LogP) is 21.8. The van der Waals surface area contributed by atoms with Crippen molar-refractivity contribution in [2.24, 2.45) is 0 Å². The molecule has 0 fully saturated rings. The van der Waals surface area contributed by atoms with E-state index in [9.17, 15) is 14.7 Å². The third kappa shape index (κ3) is 60.2. The van der Waals surface area contributed by atoms with E-state index in [4.69, 9.17) is 9.47 Å². The number of hydrogen-bond donors (Lipinski definition) is 1. The number of hydrogen-bond acceptors (Lipinski definition) is 5. The van der Waals surface area contributed by atoms with Gasteiger partial charge in [0.1, 0.15) is 6.61 Å². The number of carbonyl (C=O) groups is 2. The van der Waals surface area contributed by atoms with Crippen LogP contribution >= 0.6 is 0 Å². The zero-order valence-electron chi connectivity index (χ0n) is 48.2. The molecule has 0 aliphatic carbocycles. The van der Waals surface area contributed by atoms with Gasteiger partial charge in [0.15, 0.2) is 6.10 Å². The second-order valence-electron chi connectivity index (χ2n) is 21.5. The molecule has 0 aromatic heterocycles. The van der Waals surface area contributed by atoms with Gasteiger partial charge in [-0.3, -0.25) is 9.59 Å². The second kappa shape index (κ2) is 62.9. The van der Waals surface area contributed by atoms with E-state index in [0.29, 0.717) is 12.8 Å². The molecule has 0 saturated heterocycles. The lowest BCUT2D eigenvalue weighted by atomic mass is 10.0. The zero-order chi connectivity index (χ0) is 52.0. The maximum atomic E-state index is 12.3. The zero-order valence-corrected chi connectivity index (χ0v) is 48.2. The summed E-state index contributed by atoms with van der Waals surface area (Å²) in [5, 5.41) is 9.68. The number of aliphatic hydroxyl groups is 1.